The van der Waals surface area contributed by atoms with Crippen LogP contribution in [0.2, 0.25) is 0 Å². The Morgan fingerprint density at radius 2 is 1.32 bits per heavy atom. The smallest absolute Gasteiger partial charge is 0.142 e. The second kappa shape index (κ2) is 7.38. The van der Waals surface area contributed by atoms with Gasteiger partial charge in [-0.05, 0) is 29.7 Å². The van der Waals surface area contributed by atoms with E-state index in [9.17, 15) is 5.26 Å². The summed E-state index contributed by atoms with van der Waals surface area (Å²) < 4.78 is 0. The first-order chi connectivity index (χ1) is 13.7. The SMILES string of the molecule is Cc1ccc(-c2cc(-c3ccc(-c4ccccc4)cc3)c(C#N)c(N)n2)cc1. The summed E-state index contributed by atoms with van der Waals surface area (Å²) in [5.41, 5.74) is 13.5. The lowest BCUT2D eigenvalue weighted by Gasteiger charge is -2.11. The van der Waals surface area contributed by atoms with Gasteiger partial charge in [-0.25, -0.2) is 4.98 Å². The second-order valence-electron chi connectivity index (χ2n) is 6.74. The number of hydrogen-bond acceptors (Lipinski definition) is 3. The molecule has 0 atom stereocenters. The third-order valence-electron chi connectivity index (χ3n) is 4.81. The molecule has 3 heteroatoms. The maximum Gasteiger partial charge on any atom is 0.142 e. The van der Waals surface area contributed by atoms with E-state index in [4.69, 9.17) is 5.73 Å². The monoisotopic (exact) mass is 361 g/mol. The highest BCUT2D eigenvalue weighted by Crippen LogP contribution is 2.32. The highest BCUT2D eigenvalue weighted by molar-refractivity contribution is 5.81. The quantitative estimate of drug-likeness (QED) is 0.498. The largest absolute Gasteiger partial charge is 0.383 e. The molecule has 0 amide bonds. The van der Waals surface area contributed by atoms with Crippen LogP contribution in [0.1, 0.15) is 11.1 Å². The highest BCUT2D eigenvalue weighted by atomic mass is 14.8. The first kappa shape index (κ1) is 17.5. The van der Waals surface area contributed by atoms with Gasteiger partial charge in [0.05, 0.1) is 5.69 Å². The number of nitrogen functional groups attached to an aromatic ring is 1. The van der Waals surface area contributed by atoms with Gasteiger partial charge in [0, 0.05) is 11.1 Å². The Balaban J connectivity index is 1.80. The molecular weight excluding hydrogens is 342 g/mol. The van der Waals surface area contributed by atoms with E-state index in [2.05, 4.69) is 35.3 Å². The average Bonchev–Trinajstić information content (AvgIpc) is 2.74. The van der Waals surface area contributed by atoms with Crippen LogP contribution < -0.4 is 5.73 Å². The Morgan fingerprint density at radius 1 is 0.750 bits per heavy atom. The summed E-state index contributed by atoms with van der Waals surface area (Å²) in [6.07, 6.45) is 0. The summed E-state index contributed by atoms with van der Waals surface area (Å²) >= 11 is 0. The minimum atomic E-state index is 0.253. The van der Waals surface area contributed by atoms with Crippen LogP contribution in [-0.4, -0.2) is 4.98 Å². The molecule has 28 heavy (non-hydrogen) atoms. The molecule has 1 aromatic heterocycles. The van der Waals surface area contributed by atoms with Gasteiger partial charge in [0.1, 0.15) is 17.5 Å². The molecule has 0 unspecified atom stereocenters. The summed E-state index contributed by atoms with van der Waals surface area (Å²) in [7, 11) is 0. The minimum Gasteiger partial charge on any atom is -0.383 e. The number of rotatable bonds is 3. The lowest BCUT2D eigenvalue weighted by atomic mass is 9.96. The van der Waals surface area contributed by atoms with Crippen molar-refractivity contribution in [1.29, 1.82) is 5.26 Å². The van der Waals surface area contributed by atoms with E-state index in [1.54, 1.807) is 0 Å². The summed E-state index contributed by atoms with van der Waals surface area (Å²) in [6.45, 7) is 2.05. The Bertz CT molecular complexity index is 1150. The van der Waals surface area contributed by atoms with Crippen molar-refractivity contribution >= 4 is 5.82 Å². The zero-order valence-corrected chi connectivity index (χ0v) is 15.6. The fourth-order valence-corrected chi connectivity index (χ4v) is 3.26. The molecule has 3 aromatic carbocycles. The molecule has 1 heterocycles. The Morgan fingerprint density at radius 3 is 1.96 bits per heavy atom. The van der Waals surface area contributed by atoms with Crippen molar-refractivity contribution < 1.29 is 0 Å². The highest BCUT2D eigenvalue weighted by Gasteiger charge is 2.13. The van der Waals surface area contributed by atoms with Gasteiger partial charge in [-0.1, -0.05) is 84.4 Å². The molecule has 0 radical (unpaired) electrons. The lowest BCUT2D eigenvalue weighted by Crippen LogP contribution is -1.99. The van der Waals surface area contributed by atoms with Crippen LogP contribution in [-0.2, 0) is 0 Å². The van der Waals surface area contributed by atoms with E-state index in [0.717, 1.165) is 33.5 Å². The zero-order chi connectivity index (χ0) is 19.5. The first-order valence-electron chi connectivity index (χ1n) is 9.09. The van der Waals surface area contributed by atoms with Crippen molar-refractivity contribution in [3.05, 3.63) is 96.1 Å². The number of nitriles is 1. The third-order valence-corrected chi connectivity index (χ3v) is 4.81. The maximum absolute atomic E-state index is 9.62. The maximum atomic E-state index is 9.62. The van der Waals surface area contributed by atoms with Crippen LogP contribution >= 0.6 is 0 Å². The van der Waals surface area contributed by atoms with Crippen LogP contribution in [0.4, 0.5) is 5.82 Å². The average molecular weight is 361 g/mol. The van der Waals surface area contributed by atoms with Crippen LogP contribution in [0.3, 0.4) is 0 Å². The molecular formula is C25H19N3. The van der Waals surface area contributed by atoms with Crippen molar-refractivity contribution in [3.63, 3.8) is 0 Å². The topological polar surface area (TPSA) is 62.7 Å². The van der Waals surface area contributed by atoms with Gasteiger partial charge < -0.3 is 5.73 Å². The Labute approximate surface area is 164 Å². The van der Waals surface area contributed by atoms with Crippen LogP contribution in [0.15, 0.2) is 84.9 Å². The molecule has 0 aliphatic rings. The molecule has 4 rings (SSSR count). The van der Waals surface area contributed by atoms with Crippen molar-refractivity contribution in [2.45, 2.75) is 6.92 Å². The van der Waals surface area contributed by atoms with E-state index in [1.807, 2.05) is 67.6 Å². The molecule has 2 N–H and O–H groups in total. The minimum absolute atomic E-state index is 0.253. The lowest BCUT2D eigenvalue weighted by molar-refractivity contribution is 1.30. The van der Waals surface area contributed by atoms with Crippen molar-refractivity contribution in [1.82, 2.24) is 4.98 Å². The Kier molecular flexibility index (Phi) is 4.62. The van der Waals surface area contributed by atoms with Gasteiger partial charge in [0.25, 0.3) is 0 Å². The molecule has 134 valence electrons. The molecule has 0 spiro atoms. The number of aromatic nitrogens is 1. The fraction of sp³-hybridized carbons (Fsp3) is 0.0400. The molecule has 0 aliphatic carbocycles. The summed E-state index contributed by atoms with van der Waals surface area (Å²) in [5, 5.41) is 9.62. The van der Waals surface area contributed by atoms with Crippen LogP contribution in [0, 0.1) is 18.3 Å². The van der Waals surface area contributed by atoms with E-state index in [0.29, 0.717) is 5.56 Å². The summed E-state index contributed by atoms with van der Waals surface area (Å²) in [6, 6.07) is 30.7. The number of hydrogen-bond donors (Lipinski definition) is 1. The molecule has 0 saturated carbocycles. The number of pyridine rings is 1. The van der Waals surface area contributed by atoms with Gasteiger partial charge in [-0.15, -0.1) is 0 Å². The van der Waals surface area contributed by atoms with E-state index >= 15 is 0 Å². The number of aryl methyl sites for hydroxylation is 1. The van der Waals surface area contributed by atoms with E-state index in [1.165, 1.54) is 5.56 Å². The molecule has 3 nitrogen and oxygen atoms in total. The summed E-state index contributed by atoms with van der Waals surface area (Å²) in [4.78, 5) is 4.45. The third kappa shape index (κ3) is 3.36. The van der Waals surface area contributed by atoms with Crippen LogP contribution in [0.5, 0.6) is 0 Å². The normalized spacial score (nSPS) is 10.4. The van der Waals surface area contributed by atoms with Gasteiger partial charge in [0.15, 0.2) is 0 Å². The number of benzene rings is 3. The molecule has 0 fully saturated rings. The van der Waals surface area contributed by atoms with Crippen LogP contribution in [0.25, 0.3) is 33.5 Å². The fourth-order valence-electron chi connectivity index (χ4n) is 3.26. The summed E-state index contributed by atoms with van der Waals surface area (Å²) in [5.74, 6) is 0.253. The van der Waals surface area contributed by atoms with Gasteiger partial charge >= 0.3 is 0 Å². The van der Waals surface area contributed by atoms with Gasteiger partial charge in [-0.3, -0.25) is 0 Å². The molecule has 0 aliphatic heterocycles. The predicted octanol–water partition coefficient (Wildman–Crippen LogP) is 5.84. The zero-order valence-electron chi connectivity index (χ0n) is 15.6. The van der Waals surface area contributed by atoms with Crippen molar-refractivity contribution in [2.75, 3.05) is 5.73 Å². The predicted molar refractivity (Wildman–Crippen MR) is 114 cm³/mol. The Hall–Kier alpha value is -3.90. The van der Waals surface area contributed by atoms with Gasteiger partial charge in [-0.2, -0.15) is 5.26 Å². The first-order valence-corrected chi connectivity index (χ1v) is 9.09. The molecule has 0 saturated heterocycles. The number of anilines is 1. The van der Waals surface area contributed by atoms with Crippen molar-refractivity contribution in [3.8, 4) is 39.6 Å². The van der Waals surface area contributed by atoms with E-state index in [-0.39, 0.29) is 5.82 Å². The van der Waals surface area contributed by atoms with Crippen molar-refractivity contribution in [2.24, 2.45) is 0 Å². The molecule has 4 aromatic rings. The number of nitrogens with zero attached hydrogens (tertiary/aromatic N) is 2. The van der Waals surface area contributed by atoms with E-state index < -0.39 is 0 Å². The standard InChI is InChI=1S/C25H19N3/c1-17-7-9-21(10-8-17)24-15-22(23(16-26)25(27)28-24)20-13-11-19(12-14-20)18-5-3-2-4-6-18/h2-15H,1H3,(H2,27,28). The second-order valence-corrected chi connectivity index (χ2v) is 6.74. The molecule has 0 bridgehead atoms. The number of nitrogens with two attached hydrogens (primary N) is 1. The van der Waals surface area contributed by atoms with Gasteiger partial charge in [0.2, 0.25) is 0 Å².